The molecule has 2 aromatic rings. The van der Waals surface area contributed by atoms with Gasteiger partial charge in [0.25, 0.3) is 5.91 Å². The van der Waals surface area contributed by atoms with Crippen LogP contribution in [-0.2, 0) is 6.54 Å². The Morgan fingerprint density at radius 3 is 2.53 bits per heavy atom. The number of halogens is 1. The van der Waals surface area contributed by atoms with E-state index in [1.165, 1.54) is 6.20 Å². The van der Waals surface area contributed by atoms with Gasteiger partial charge in [0.2, 0.25) is 0 Å². The molecule has 0 saturated carbocycles. The van der Waals surface area contributed by atoms with Gasteiger partial charge in [0.1, 0.15) is 10.9 Å². The van der Waals surface area contributed by atoms with Crippen LogP contribution in [0.15, 0.2) is 42.6 Å². The number of aromatic hydroxyl groups is 1. The summed E-state index contributed by atoms with van der Waals surface area (Å²) in [6, 6.07) is 9.97. The summed E-state index contributed by atoms with van der Waals surface area (Å²) in [5.74, 6) is 0.0804. The van der Waals surface area contributed by atoms with Gasteiger partial charge in [-0.1, -0.05) is 23.7 Å². The van der Waals surface area contributed by atoms with Gasteiger partial charge in [-0.25, -0.2) is 4.98 Å². The van der Waals surface area contributed by atoms with Crippen molar-refractivity contribution in [3.63, 3.8) is 0 Å². The second kappa shape index (κ2) is 5.71. The minimum atomic E-state index is -0.128. The predicted octanol–water partition coefficient (Wildman–Crippen LogP) is 2.71. The fraction of sp³-hybridized carbons (Fsp3) is 0.143. The summed E-state index contributed by atoms with van der Waals surface area (Å²) in [7, 11) is 1.71. The first-order valence-electron chi connectivity index (χ1n) is 5.71. The summed E-state index contributed by atoms with van der Waals surface area (Å²) >= 11 is 5.68. The highest BCUT2D eigenvalue weighted by Gasteiger charge is 2.12. The molecule has 0 fully saturated rings. The maximum absolute atomic E-state index is 12.1. The first-order valence-corrected chi connectivity index (χ1v) is 6.09. The Morgan fingerprint density at radius 2 is 1.95 bits per heavy atom. The van der Waals surface area contributed by atoms with Crippen molar-refractivity contribution in [3.8, 4) is 5.75 Å². The number of rotatable bonds is 3. The third kappa shape index (κ3) is 3.45. The zero-order valence-electron chi connectivity index (χ0n) is 10.4. The Kier molecular flexibility index (Phi) is 4.02. The van der Waals surface area contributed by atoms with Crippen LogP contribution in [0.5, 0.6) is 5.75 Å². The fourth-order valence-corrected chi connectivity index (χ4v) is 1.78. The van der Waals surface area contributed by atoms with Gasteiger partial charge in [-0.15, -0.1) is 0 Å². The summed E-state index contributed by atoms with van der Waals surface area (Å²) in [4.78, 5) is 17.6. The first kappa shape index (κ1) is 13.4. The number of hydrogen-bond acceptors (Lipinski definition) is 3. The number of pyridine rings is 1. The quantitative estimate of drug-likeness (QED) is 0.877. The topological polar surface area (TPSA) is 53.4 Å². The van der Waals surface area contributed by atoms with Crippen molar-refractivity contribution in [2.75, 3.05) is 7.05 Å². The third-order valence-corrected chi connectivity index (χ3v) is 2.90. The SMILES string of the molecule is CN(Cc1ccc(O)cc1)C(=O)c1ccc(Cl)nc1. The van der Waals surface area contributed by atoms with Gasteiger partial charge >= 0.3 is 0 Å². The molecule has 1 amide bonds. The van der Waals surface area contributed by atoms with Gasteiger partial charge in [0.05, 0.1) is 5.56 Å². The highest BCUT2D eigenvalue weighted by Crippen LogP contribution is 2.13. The molecule has 1 aromatic carbocycles. The number of carbonyl (C=O) groups excluding carboxylic acids is 1. The lowest BCUT2D eigenvalue weighted by Crippen LogP contribution is -2.26. The summed E-state index contributed by atoms with van der Waals surface area (Å²) in [6.07, 6.45) is 1.46. The molecule has 0 radical (unpaired) electrons. The van der Waals surface area contributed by atoms with E-state index in [1.807, 2.05) is 0 Å². The second-order valence-corrected chi connectivity index (χ2v) is 4.58. The van der Waals surface area contributed by atoms with Crippen LogP contribution < -0.4 is 0 Å². The predicted molar refractivity (Wildman–Crippen MR) is 73.2 cm³/mol. The molecule has 0 aliphatic rings. The molecule has 4 nitrogen and oxygen atoms in total. The van der Waals surface area contributed by atoms with E-state index in [0.29, 0.717) is 17.3 Å². The number of carbonyl (C=O) groups is 1. The van der Waals surface area contributed by atoms with Crippen molar-refractivity contribution >= 4 is 17.5 Å². The van der Waals surface area contributed by atoms with E-state index in [9.17, 15) is 9.90 Å². The third-order valence-electron chi connectivity index (χ3n) is 2.68. The molecule has 0 spiro atoms. The Bertz CT molecular complexity index is 567. The normalized spacial score (nSPS) is 10.2. The average molecular weight is 277 g/mol. The van der Waals surface area contributed by atoms with Crippen molar-refractivity contribution in [1.82, 2.24) is 9.88 Å². The van der Waals surface area contributed by atoms with Crippen LogP contribution >= 0.6 is 11.6 Å². The maximum Gasteiger partial charge on any atom is 0.255 e. The summed E-state index contributed by atoms with van der Waals surface area (Å²) < 4.78 is 0. The van der Waals surface area contributed by atoms with Crippen LogP contribution in [-0.4, -0.2) is 27.9 Å². The molecule has 0 saturated heterocycles. The van der Waals surface area contributed by atoms with E-state index < -0.39 is 0 Å². The van der Waals surface area contributed by atoms with E-state index in [2.05, 4.69) is 4.98 Å². The van der Waals surface area contributed by atoms with E-state index in [1.54, 1.807) is 48.3 Å². The lowest BCUT2D eigenvalue weighted by molar-refractivity contribution is 0.0784. The second-order valence-electron chi connectivity index (χ2n) is 4.20. The highest BCUT2D eigenvalue weighted by atomic mass is 35.5. The average Bonchev–Trinajstić information content (AvgIpc) is 2.41. The molecule has 0 aliphatic heterocycles. The van der Waals surface area contributed by atoms with E-state index in [-0.39, 0.29) is 11.7 Å². The smallest absolute Gasteiger partial charge is 0.255 e. The van der Waals surface area contributed by atoms with Gasteiger partial charge in [-0.05, 0) is 29.8 Å². The Morgan fingerprint density at radius 1 is 1.26 bits per heavy atom. The van der Waals surface area contributed by atoms with Crippen LogP contribution in [0.4, 0.5) is 0 Å². The molecule has 19 heavy (non-hydrogen) atoms. The Labute approximate surface area is 116 Å². The van der Waals surface area contributed by atoms with Crippen molar-refractivity contribution in [3.05, 3.63) is 58.9 Å². The fourth-order valence-electron chi connectivity index (χ4n) is 1.67. The number of benzene rings is 1. The van der Waals surface area contributed by atoms with Crippen molar-refractivity contribution in [1.29, 1.82) is 0 Å². The molecule has 2 rings (SSSR count). The van der Waals surface area contributed by atoms with Crippen molar-refractivity contribution in [2.45, 2.75) is 6.54 Å². The summed E-state index contributed by atoms with van der Waals surface area (Å²) in [5, 5.41) is 9.56. The van der Waals surface area contributed by atoms with Crippen molar-refractivity contribution in [2.24, 2.45) is 0 Å². The molecule has 0 atom stereocenters. The van der Waals surface area contributed by atoms with Gasteiger partial charge in [0.15, 0.2) is 0 Å². The number of nitrogens with zero attached hydrogens (tertiary/aromatic N) is 2. The van der Waals surface area contributed by atoms with E-state index in [4.69, 9.17) is 11.6 Å². The molecular formula is C14H13ClN2O2. The van der Waals surface area contributed by atoms with Crippen LogP contribution in [0.1, 0.15) is 15.9 Å². The zero-order chi connectivity index (χ0) is 13.8. The molecule has 0 unspecified atom stereocenters. The van der Waals surface area contributed by atoms with Gasteiger partial charge in [-0.2, -0.15) is 0 Å². The number of phenolic OH excluding ortho intramolecular Hbond substituents is 1. The highest BCUT2D eigenvalue weighted by molar-refractivity contribution is 6.29. The monoisotopic (exact) mass is 276 g/mol. The lowest BCUT2D eigenvalue weighted by atomic mass is 10.2. The molecular weight excluding hydrogens is 264 g/mol. The molecule has 1 aromatic heterocycles. The number of phenols is 1. The Hall–Kier alpha value is -2.07. The molecule has 0 bridgehead atoms. The van der Waals surface area contributed by atoms with E-state index in [0.717, 1.165) is 5.56 Å². The number of amides is 1. The van der Waals surface area contributed by atoms with Crippen molar-refractivity contribution < 1.29 is 9.90 Å². The summed E-state index contributed by atoms with van der Waals surface area (Å²) in [5.41, 5.74) is 1.43. The Balaban J connectivity index is 2.07. The molecule has 1 heterocycles. The van der Waals surface area contributed by atoms with E-state index >= 15 is 0 Å². The number of aromatic nitrogens is 1. The van der Waals surface area contributed by atoms with Crippen LogP contribution in [0.3, 0.4) is 0 Å². The minimum absolute atomic E-state index is 0.128. The van der Waals surface area contributed by atoms with Gasteiger partial charge in [0, 0.05) is 19.8 Å². The molecule has 5 heteroatoms. The lowest BCUT2D eigenvalue weighted by Gasteiger charge is -2.17. The van der Waals surface area contributed by atoms with Crippen LogP contribution in [0, 0.1) is 0 Å². The summed E-state index contributed by atoms with van der Waals surface area (Å²) in [6.45, 7) is 0.460. The minimum Gasteiger partial charge on any atom is -0.508 e. The van der Waals surface area contributed by atoms with Gasteiger partial charge < -0.3 is 10.0 Å². The zero-order valence-corrected chi connectivity index (χ0v) is 11.1. The number of hydrogen-bond donors (Lipinski definition) is 1. The van der Waals surface area contributed by atoms with Crippen LogP contribution in [0.25, 0.3) is 0 Å². The molecule has 0 aliphatic carbocycles. The molecule has 1 N–H and O–H groups in total. The molecule has 98 valence electrons. The van der Waals surface area contributed by atoms with Gasteiger partial charge in [-0.3, -0.25) is 4.79 Å². The van der Waals surface area contributed by atoms with Crippen LogP contribution in [0.2, 0.25) is 5.15 Å². The largest absolute Gasteiger partial charge is 0.508 e. The first-order chi connectivity index (χ1) is 9.06. The standard InChI is InChI=1S/C14H13ClN2O2/c1-17(9-10-2-5-12(18)6-3-10)14(19)11-4-7-13(15)16-8-11/h2-8,18H,9H2,1H3. The maximum atomic E-state index is 12.1.